The maximum atomic E-state index is 12.6. The summed E-state index contributed by atoms with van der Waals surface area (Å²) in [4.78, 5) is 16.2. The molecule has 0 aromatic heterocycles. The maximum absolute atomic E-state index is 12.6. The Hall–Kier alpha value is -1.21. The average Bonchev–Trinajstić information content (AvgIpc) is 2.79. The molecule has 1 heterocycles. The Kier molecular flexibility index (Phi) is 9.77. The number of rotatable bonds is 8. The number of amides is 1. The third-order valence-electron chi connectivity index (χ3n) is 5.48. The minimum atomic E-state index is -0.00472. The van der Waals surface area contributed by atoms with Crippen LogP contribution in [-0.4, -0.2) is 48.3 Å². The highest BCUT2D eigenvalue weighted by molar-refractivity contribution is 7.99. The fourth-order valence-electron chi connectivity index (χ4n) is 3.62. The molecule has 2 aromatic carbocycles. The Morgan fingerprint density at radius 3 is 2.44 bits per heavy atom. The molecule has 1 amide bonds. The van der Waals surface area contributed by atoms with Crippen LogP contribution in [0.15, 0.2) is 52.3 Å². The van der Waals surface area contributed by atoms with Gasteiger partial charge in [-0.15, -0.1) is 0 Å². The van der Waals surface area contributed by atoms with Crippen LogP contribution >= 0.6 is 46.6 Å². The van der Waals surface area contributed by atoms with Crippen LogP contribution in [-0.2, 0) is 9.53 Å². The predicted octanol–water partition coefficient (Wildman–Crippen LogP) is 6.45. The zero-order valence-corrected chi connectivity index (χ0v) is 20.9. The number of carbonyl (C=O) groups excluding carboxylic acids is 1. The first-order valence-corrected chi connectivity index (χ1v) is 12.4. The van der Waals surface area contributed by atoms with Gasteiger partial charge in [-0.2, -0.15) is 0 Å². The highest BCUT2D eigenvalue weighted by atomic mass is 35.5. The quantitative estimate of drug-likeness (QED) is 0.411. The number of piperidine rings is 1. The number of benzene rings is 2. The van der Waals surface area contributed by atoms with Crippen molar-refractivity contribution in [3.05, 3.63) is 63.1 Å². The van der Waals surface area contributed by atoms with Crippen molar-refractivity contribution in [2.75, 3.05) is 26.3 Å². The van der Waals surface area contributed by atoms with Crippen LogP contribution in [0.5, 0.6) is 0 Å². The molecule has 0 spiro atoms. The number of hydrogen-bond acceptors (Lipinski definition) is 4. The lowest BCUT2D eigenvalue weighted by Crippen LogP contribution is -2.40. The van der Waals surface area contributed by atoms with Crippen LogP contribution < -0.4 is 0 Å². The minimum Gasteiger partial charge on any atom is -0.394 e. The summed E-state index contributed by atoms with van der Waals surface area (Å²) in [6, 6.07) is 11.0. The first-order chi connectivity index (χ1) is 15.4. The molecule has 0 saturated carbocycles. The smallest absolute Gasteiger partial charge is 0.246 e. The number of likely N-dealkylation sites (tertiary alicyclic amines) is 1. The average molecular weight is 515 g/mol. The third kappa shape index (κ3) is 7.14. The van der Waals surface area contributed by atoms with Gasteiger partial charge in [0.25, 0.3) is 0 Å². The molecule has 1 fully saturated rings. The number of aliphatic hydroxyl groups excluding tert-OH is 1. The van der Waals surface area contributed by atoms with Gasteiger partial charge >= 0.3 is 0 Å². The number of aliphatic hydroxyl groups is 1. The van der Waals surface area contributed by atoms with Gasteiger partial charge in [0.05, 0.1) is 29.4 Å². The van der Waals surface area contributed by atoms with E-state index in [0.29, 0.717) is 40.7 Å². The summed E-state index contributed by atoms with van der Waals surface area (Å²) >= 11 is 20.1. The van der Waals surface area contributed by atoms with Crippen molar-refractivity contribution in [3.8, 4) is 0 Å². The largest absolute Gasteiger partial charge is 0.394 e. The molecule has 8 heteroatoms. The molecule has 1 unspecified atom stereocenters. The summed E-state index contributed by atoms with van der Waals surface area (Å²) in [6.45, 7) is 3.84. The summed E-state index contributed by atoms with van der Waals surface area (Å²) in [6.07, 6.45) is 5.28. The summed E-state index contributed by atoms with van der Waals surface area (Å²) in [7, 11) is 0. The summed E-state index contributed by atoms with van der Waals surface area (Å²) in [5, 5.41) is 10.6. The van der Waals surface area contributed by atoms with E-state index in [1.54, 1.807) is 24.3 Å². The second-order valence-electron chi connectivity index (χ2n) is 7.66. The summed E-state index contributed by atoms with van der Waals surface area (Å²) < 4.78 is 5.61. The van der Waals surface area contributed by atoms with Gasteiger partial charge in [-0.25, -0.2) is 0 Å². The van der Waals surface area contributed by atoms with Crippen LogP contribution in [0.1, 0.15) is 25.3 Å². The molecule has 1 atom stereocenters. The molecule has 0 aliphatic carbocycles. The Balaban J connectivity index is 1.55. The monoisotopic (exact) mass is 513 g/mol. The molecular weight excluding hydrogens is 489 g/mol. The minimum absolute atomic E-state index is 0.00472. The lowest BCUT2D eigenvalue weighted by Gasteiger charge is -2.34. The first-order valence-electron chi connectivity index (χ1n) is 10.5. The molecule has 0 radical (unpaired) electrons. The van der Waals surface area contributed by atoms with Gasteiger partial charge < -0.3 is 14.7 Å². The van der Waals surface area contributed by atoms with Crippen molar-refractivity contribution in [2.45, 2.75) is 35.7 Å². The molecule has 1 aliphatic heterocycles. The fraction of sp³-hybridized carbons (Fsp3) is 0.375. The van der Waals surface area contributed by atoms with Gasteiger partial charge in [-0.3, -0.25) is 4.79 Å². The highest BCUT2D eigenvalue weighted by Gasteiger charge is 2.25. The second kappa shape index (κ2) is 12.3. The highest BCUT2D eigenvalue weighted by Crippen LogP contribution is 2.38. The molecule has 1 N–H and O–H groups in total. The van der Waals surface area contributed by atoms with Crippen LogP contribution in [0.4, 0.5) is 0 Å². The molecule has 3 rings (SSSR count). The summed E-state index contributed by atoms with van der Waals surface area (Å²) in [5.41, 5.74) is 0.857. The molecule has 2 aromatic rings. The van der Waals surface area contributed by atoms with Gasteiger partial charge in [0.15, 0.2) is 0 Å². The van der Waals surface area contributed by atoms with Gasteiger partial charge in [0, 0.05) is 34.0 Å². The normalized spacial score (nSPS) is 16.0. The molecule has 32 heavy (non-hydrogen) atoms. The first kappa shape index (κ1) is 25.4. The van der Waals surface area contributed by atoms with E-state index in [2.05, 4.69) is 0 Å². The van der Waals surface area contributed by atoms with Gasteiger partial charge in [0.1, 0.15) is 0 Å². The zero-order valence-electron chi connectivity index (χ0n) is 17.8. The van der Waals surface area contributed by atoms with Gasteiger partial charge in [-0.1, -0.05) is 52.6 Å². The maximum Gasteiger partial charge on any atom is 0.246 e. The van der Waals surface area contributed by atoms with Crippen LogP contribution in [0, 0.1) is 5.92 Å². The van der Waals surface area contributed by atoms with Crippen molar-refractivity contribution < 1.29 is 14.6 Å². The summed E-state index contributed by atoms with van der Waals surface area (Å²) in [5.74, 6) is 0.405. The van der Waals surface area contributed by atoms with Crippen molar-refractivity contribution >= 4 is 58.5 Å². The number of halogens is 3. The van der Waals surface area contributed by atoms with Crippen molar-refractivity contribution in [3.63, 3.8) is 0 Å². The molecule has 0 bridgehead atoms. The number of ether oxygens (including phenoxy) is 1. The third-order valence-corrected chi connectivity index (χ3v) is 7.71. The molecule has 1 saturated heterocycles. The van der Waals surface area contributed by atoms with E-state index < -0.39 is 0 Å². The predicted molar refractivity (Wildman–Crippen MR) is 133 cm³/mol. The van der Waals surface area contributed by atoms with E-state index in [-0.39, 0.29) is 18.6 Å². The topological polar surface area (TPSA) is 49.8 Å². The van der Waals surface area contributed by atoms with E-state index in [1.807, 2.05) is 36.1 Å². The Labute approximate surface area is 208 Å². The van der Waals surface area contributed by atoms with Crippen LogP contribution in [0.25, 0.3) is 6.08 Å². The van der Waals surface area contributed by atoms with Gasteiger partial charge in [-0.05, 0) is 67.7 Å². The van der Waals surface area contributed by atoms with E-state index in [9.17, 15) is 4.79 Å². The fourth-order valence-corrected chi connectivity index (χ4v) is 5.27. The van der Waals surface area contributed by atoms with E-state index in [1.165, 1.54) is 11.8 Å². The Morgan fingerprint density at radius 2 is 1.81 bits per heavy atom. The standard InChI is InChI=1S/C24H26Cl3NO3S/c1-16(31-13-12-29)18-8-10-28(11-9-18)24(30)7-3-17-2-5-22(20(26)14-17)32-23-6-4-19(25)15-21(23)27/h2-7,14-16,18,29H,8-13H2,1H3. The Morgan fingerprint density at radius 1 is 1.16 bits per heavy atom. The number of carbonyl (C=O) groups is 1. The lowest BCUT2D eigenvalue weighted by atomic mass is 9.92. The number of nitrogens with zero attached hydrogens (tertiary/aromatic N) is 1. The van der Waals surface area contributed by atoms with E-state index >= 15 is 0 Å². The van der Waals surface area contributed by atoms with E-state index in [4.69, 9.17) is 44.6 Å². The number of hydrogen-bond donors (Lipinski definition) is 1. The SMILES string of the molecule is CC(OCCO)C1CCN(C(=O)C=Cc2ccc(Sc3ccc(Cl)cc3Cl)c(Cl)c2)CC1. The molecule has 172 valence electrons. The molecule has 1 aliphatic rings. The van der Waals surface area contributed by atoms with Crippen LogP contribution in [0.3, 0.4) is 0 Å². The molecular formula is C24H26Cl3NO3S. The van der Waals surface area contributed by atoms with Crippen molar-refractivity contribution in [2.24, 2.45) is 5.92 Å². The molecule has 4 nitrogen and oxygen atoms in total. The van der Waals surface area contributed by atoms with E-state index in [0.717, 1.165) is 28.2 Å². The van der Waals surface area contributed by atoms with Crippen molar-refractivity contribution in [1.29, 1.82) is 0 Å². The van der Waals surface area contributed by atoms with Crippen LogP contribution in [0.2, 0.25) is 15.1 Å². The lowest BCUT2D eigenvalue weighted by molar-refractivity contribution is -0.128. The Bertz CT molecular complexity index is 962. The van der Waals surface area contributed by atoms with Gasteiger partial charge in [0.2, 0.25) is 5.91 Å². The second-order valence-corrected chi connectivity index (χ2v) is 10.00. The van der Waals surface area contributed by atoms with Crippen molar-refractivity contribution in [1.82, 2.24) is 4.90 Å². The zero-order chi connectivity index (χ0) is 23.1.